The van der Waals surface area contributed by atoms with Crippen molar-refractivity contribution >= 4 is 5.82 Å². The van der Waals surface area contributed by atoms with Crippen molar-refractivity contribution in [2.45, 2.75) is 13.8 Å². The maximum Gasteiger partial charge on any atom is 0.129 e. The van der Waals surface area contributed by atoms with E-state index < -0.39 is 0 Å². The standard InChI is InChI=1S/C10H18N4/c1-3-14(4-2)8-7-12-10-5-6-11-9-13-10/h5-6,9H,3-4,7-8H2,1-2H3,(H,11,12,13). The van der Waals surface area contributed by atoms with E-state index in [4.69, 9.17) is 0 Å². The molecule has 0 fully saturated rings. The molecule has 1 rings (SSSR count). The van der Waals surface area contributed by atoms with Crippen LogP contribution < -0.4 is 5.32 Å². The van der Waals surface area contributed by atoms with Crippen LogP contribution in [0.2, 0.25) is 0 Å². The Balaban J connectivity index is 2.21. The van der Waals surface area contributed by atoms with Crippen LogP contribution in [0.1, 0.15) is 13.8 Å². The van der Waals surface area contributed by atoms with Crippen molar-refractivity contribution in [1.82, 2.24) is 14.9 Å². The molecular formula is C10H18N4. The highest BCUT2D eigenvalue weighted by atomic mass is 15.1. The lowest BCUT2D eigenvalue weighted by Crippen LogP contribution is -2.28. The van der Waals surface area contributed by atoms with E-state index >= 15 is 0 Å². The van der Waals surface area contributed by atoms with Gasteiger partial charge in [0.05, 0.1) is 0 Å². The molecule has 1 N–H and O–H groups in total. The van der Waals surface area contributed by atoms with Gasteiger partial charge in [-0.15, -0.1) is 0 Å². The summed E-state index contributed by atoms with van der Waals surface area (Å²) < 4.78 is 0. The predicted molar refractivity (Wildman–Crippen MR) is 58.3 cm³/mol. The van der Waals surface area contributed by atoms with Gasteiger partial charge in [-0.2, -0.15) is 0 Å². The molecule has 0 spiro atoms. The molecular weight excluding hydrogens is 176 g/mol. The van der Waals surface area contributed by atoms with Crippen LogP contribution in [-0.2, 0) is 0 Å². The smallest absolute Gasteiger partial charge is 0.129 e. The third-order valence-electron chi connectivity index (χ3n) is 2.21. The van der Waals surface area contributed by atoms with Gasteiger partial charge in [-0.05, 0) is 19.2 Å². The second-order valence-corrected chi connectivity index (χ2v) is 3.05. The van der Waals surface area contributed by atoms with Crippen LogP contribution in [-0.4, -0.2) is 41.0 Å². The third-order valence-corrected chi connectivity index (χ3v) is 2.21. The van der Waals surface area contributed by atoms with Crippen molar-refractivity contribution in [3.05, 3.63) is 18.6 Å². The van der Waals surface area contributed by atoms with E-state index in [0.29, 0.717) is 0 Å². The zero-order chi connectivity index (χ0) is 10.2. The molecule has 0 amide bonds. The molecule has 1 heterocycles. The van der Waals surface area contributed by atoms with Crippen LogP contribution in [0.3, 0.4) is 0 Å². The van der Waals surface area contributed by atoms with E-state index in [0.717, 1.165) is 32.0 Å². The SMILES string of the molecule is CCN(CC)CCNc1ccncn1. The number of likely N-dealkylation sites (N-methyl/N-ethyl adjacent to an activating group) is 1. The van der Waals surface area contributed by atoms with Gasteiger partial charge in [0.15, 0.2) is 0 Å². The molecule has 0 aliphatic rings. The minimum atomic E-state index is 0.896. The number of hydrogen-bond acceptors (Lipinski definition) is 4. The summed E-state index contributed by atoms with van der Waals surface area (Å²) >= 11 is 0. The molecule has 0 unspecified atom stereocenters. The Morgan fingerprint density at radius 1 is 1.36 bits per heavy atom. The fourth-order valence-electron chi connectivity index (χ4n) is 1.28. The largest absolute Gasteiger partial charge is 0.369 e. The predicted octanol–water partition coefficient (Wildman–Crippen LogP) is 1.23. The first kappa shape index (κ1) is 10.9. The lowest BCUT2D eigenvalue weighted by Gasteiger charge is -2.17. The van der Waals surface area contributed by atoms with Crippen molar-refractivity contribution in [2.75, 3.05) is 31.5 Å². The van der Waals surface area contributed by atoms with Gasteiger partial charge >= 0.3 is 0 Å². The first-order valence-corrected chi connectivity index (χ1v) is 5.09. The Hall–Kier alpha value is -1.16. The van der Waals surface area contributed by atoms with Crippen LogP contribution in [0.15, 0.2) is 18.6 Å². The Bertz CT molecular complexity index is 233. The van der Waals surface area contributed by atoms with Crippen molar-refractivity contribution < 1.29 is 0 Å². The lowest BCUT2D eigenvalue weighted by atomic mass is 10.4. The average molecular weight is 194 g/mol. The molecule has 1 aromatic heterocycles. The van der Waals surface area contributed by atoms with E-state index in [1.165, 1.54) is 0 Å². The number of anilines is 1. The first-order chi connectivity index (χ1) is 6.86. The Morgan fingerprint density at radius 2 is 2.14 bits per heavy atom. The summed E-state index contributed by atoms with van der Waals surface area (Å²) in [5.74, 6) is 0.896. The zero-order valence-electron chi connectivity index (χ0n) is 8.90. The summed E-state index contributed by atoms with van der Waals surface area (Å²) in [5, 5.41) is 3.25. The highest BCUT2D eigenvalue weighted by molar-refractivity contribution is 5.31. The molecule has 1 aromatic rings. The molecule has 0 aromatic carbocycles. The molecule has 0 aliphatic carbocycles. The van der Waals surface area contributed by atoms with Gasteiger partial charge in [0.1, 0.15) is 12.1 Å². The summed E-state index contributed by atoms with van der Waals surface area (Å²) in [5.41, 5.74) is 0. The zero-order valence-corrected chi connectivity index (χ0v) is 8.90. The van der Waals surface area contributed by atoms with Crippen LogP contribution in [0.25, 0.3) is 0 Å². The number of hydrogen-bond donors (Lipinski definition) is 1. The summed E-state index contributed by atoms with van der Waals surface area (Å²) in [7, 11) is 0. The lowest BCUT2D eigenvalue weighted by molar-refractivity contribution is 0.316. The molecule has 0 radical (unpaired) electrons. The molecule has 0 atom stereocenters. The number of nitrogens with zero attached hydrogens (tertiary/aromatic N) is 3. The maximum atomic E-state index is 4.09. The van der Waals surface area contributed by atoms with Crippen LogP contribution in [0, 0.1) is 0 Å². The highest BCUT2D eigenvalue weighted by Gasteiger charge is 1.97. The van der Waals surface area contributed by atoms with E-state index in [1.54, 1.807) is 12.5 Å². The quantitative estimate of drug-likeness (QED) is 0.739. The summed E-state index contributed by atoms with van der Waals surface area (Å²) in [4.78, 5) is 10.3. The number of aromatic nitrogens is 2. The van der Waals surface area contributed by atoms with E-state index in [9.17, 15) is 0 Å². The second kappa shape index (κ2) is 6.32. The molecule has 0 saturated heterocycles. The average Bonchev–Trinajstić information content (AvgIpc) is 2.26. The Labute approximate surface area is 85.4 Å². The maximum absolute atomic E-state index is 4.09. The molecule has 14 heavy (non-hydrogen) atoms. The van der Waals surface area contributed by atoms with Gasteiger partial charge in [-0.3, -0.25) is 0 Å². The van der Waals surface area contributed by atoms with Crippen molar-refractivity contribution in [3.63, 3.8) is 0 Å². The van der Waals surface area contributed by atoms with Crippen LogP contribution >= 0.6 is 0 Å². The van der Waals surface area contributed by atoms with Gasteiger partial charge < -0.3 is 10.2 Å². The summed E-state index contributed by atoms with van der Waals surface area (Å²) in [6.45, 7) is 8.53. The van der Waals surface area contributed by atoms with E-state index in [-0.39, 0.29) is 0 Å². The number of rotatable bonds is 6. The monoisotopic (exact) mass is 194 g/mol. The summed E-state index contributed by atoms with van der Waals surface area (Å²) in [6, 6.07) is 1.88. The van der Waals surface area contributed by atoms with Crippen molar-refractivity contribution in [3.8, 4) is 0 Å². The van der Waals surface area contributed by atoms with Crippen LogP contribution in [0.5, 0.6) is 0 Å². The molecule has 0 aliphatic heterocycles. The minimum Gasteiger partial charge on any atom is -0.369 e. The van der Waals surface area contributed by atoms with Gasteiger partial charge in [0.2, 0.25) is 0 Å². The molecule has 0 bridgehead atoms. The Morgan fingerprint density at radius 3 is 2.71 bits per heavy atom. The van der Waals surface area contributed by atoms with Gasteiger partial charge in [-0.1, -0.05) is 13.8 Å². The van der Waals surface area contributed by atoms with Gasteiger partial charge in [0, 0.05) is 19.3 Å². The summed E-state index contributed by atoms with van der Waals surface area (Å²) in [6.07, 6.45) is 3.30. The first-order valence-electron chi connectivity index (χ1n) is 5.09. The Kier molecular flexibility index (Phi) is 4.93. The number of nitrogens with one attached hydrogen (secondary N) is 1. The normalized spacial score (nSPS) is 10.5. The van der Waals surface area contributed by atoms with E-state index in [2.05, 4.69) is 34.0 Å². The molecule has 78 valence electrons. The molecule has 4 heteroatoms. The molecule has 4 nitrogen and oxygen atoms in total. The van der Waals surface area contributed by atoms with Crippen molar-refractivity contribution in [1.29, 1.82) is 0 Å². The van der Waals surface area contributed by atoms with Gasteiger partial charge in [0.25, 0.3) is 0 Å². The van der Waals surface area contributed by atoms with Gasteiger partial charge in [-0.25, -0.2) is 9.97 Å². The molecule has 0 saturated carbocycles. The highest BCUT2D eigenvalue weighted by Crippen LogP contribution is 1.97. The minimum absolute atomic E-state index is 0.896. The van der Waals surface area contributed by atoms with Crippen molar-refractivity contribution in [2.24, 2.45) is 0 Å². The fourth-order valence-corrected chi connectivity index (χ4v) is 1.28. The second-order valence-electron chi connectivity index (χ2n) is 3.05. The van der Waals surface area contributed by atoms with E-state index in [1.807, 2.05) is 6.07 Å². The fraction of sp³-hybridized carbons (Fsp3) is 0.600. The van der Waals surface area contributed by atoms with Crippen LogP contribution in [0.4, 0.5) is 5.82 Å². The third kappa shape index (κ3) is 3.70. The topological polar surface area (TPSA) is 41.0 Å².